The third-order valence-electron chi connectivity index (χ3n) is 6.09. The lowest BCUT2D eigenvalue weighted by atomic mass is 9.98. The highest BCUT2D eigenvalue weighted by molar-refractivity contribution is 4.92. The molecule has 1 fully saturated rings. The summed E-state index contributed by atoms with van der Waals surface area (Å²) in [6.07, 6.45) is 7.30. The second-order valence-electron chi connectivity index (χ2n) is 8.37. The van der Waals surface area contributed by atoms with E-state index < -0.39 is 30.7 Å². The van der Waals surface area contributed by atoms with E-state index in [-0.39, 0.29) is 6.61 Å². The van der Waals surface area contributed by atoms with Gasteiger partial charge in [-0.05, 0) is 39.5 Å². The van der Waals surface area contributed by atoms with Crippen molar-refractivity contribution in [2.24, 2.45) is 0 Å². The summed E-state index contributed by atoms with van der Waals surface area (Å²) in [5.74, 6) is 1.98. The van der Waals surface area contributed by atoms with Gasteiger partial charge in [0.15, 0.2) is 6.29 Å². The van der Waals surface area contributed by atoms with Crippen LogP contribution >= 0.6 is 0 Å². The van der Waals surface area contributed by atoms with Gasteiger partial charge in [-0.25, -0.2) is 9.97 Å². The molecule has 10 nitrogen and oxygen atoms in total. The van der Waals surface area contributed by atoms with E-state index in [9.17, 15) is 10.2 Å². The lowest BCUT2D eigenvalue weighted by molar-refractivity contribution is -0.310. The molecule has 5 atom stereocenters. The van der Waals surface area contributed by atoms with Gasteiger partial charge in [-0.15, -0.1) is 0 Å². The van der Waals surface area contributed by atoms with Gasteiger partial charge in [0.05, 0.1) is 6.61 Å². The van der Waals surface area contributed by atoms with Gasteiger partial charge < -0.3 is 38.3 Å². The highest BCUT2D eigenvalue weighted by atomic mass is 16.7. The minimum Gasteiger partial charge on any atom is -0.394 e. The summed E-state index contributed by atoms with van der Waals surface area (Å²) in [6.45, 7) is 6.32. The molecule has 0 amide bonds. The number of hydrogen-bond donors (Lipinski definition) is 2. The Morgan fingerprint density at radius 2 is 1.45 bits per heavy atom. The van der Waals surface area contributed by atoms with Gasteiger partial charge in [0, 0.05) is 58.2 Å². The number of imidazole rings is 2. The Labute approximate surface area is 195 Å². The summed E-state index contributed by atoms with van der Waals surface area (Å²) < 4.78 is 27.5. The number of aliphatic hydroxyl groups excluding tert-OH is 2. The number of nitrogens with zero attached hydrogens (tertiary/aromatic N) is 4. The molecule has 1 aliphatic heterocycles. The van der Waals surface area contributed by atoms with E-state index >= 15 is 0 Å². The monoisotopic (exact) mass is 466 g/mol. The number of ether oxygens (including phenoxy) is 4. The normalized spacial score (nSPS) is 25.5. The zero-order valence-corrected chi connectivity index (χ0v) is 19.9. The Kier molecular flexibility index (Phi) is 10.3. The fraction of sp³-hybridized carbons (Fsp3) is 0.739. The Bertz CT molecular complexity index is 812. The van der Waals surface area contributed by atoms with Crippen molar-refractivity contribution in [2.45, 2.75) is 83.3 Å². The van der Waals surface area contributed by atoms with Crippen LogP contribution in [0.15, 0.2) is 24.8 Å². The molecule has 0 aliphatic carbocycles. The molecular formula is C23H38N4O6. The van der Waals surface area contributed by atoms with Crippen LogP contribution in [0.2, 0.25) is 0 Å². The predicted molar refractivity (Wildman–Crippen MR) is 121 cm³/mol. The Hall–Kier alpha value is -1.82. The van der Waals surface area contributed by atoms with Crippen LogP contribution in [-0.4, -0.2) is 87.0 Å². The molecule has 0 unspecified atom stereocenters. The first-order valence-electron chi connectivity index (χ1n) is 11.7. The number of aliphatic hydroxyl groups is 2. The average Bonchev–Trinajstić information content (AvgIpc) is 3.42. The van der Waals surface area contributed by atoms with Crippen LogP contribution in [0.3, 0.4) is 0 Å². The van der Waals surface area contributed by atoms with Crippen molar-refractivity contribution in [3.05, 3.63) is 36.4 Å². The molecule has 0 spiro atoms. The summed E-state index contributed by atoms with van der Waals surface area (Å²) in [7, 11) is 1.53. The van der Waals surface area contributed by atoms with E-state index in [4.69, 9.17) is 18.9 Å². The molecule has 0 radical (unpaired) electrons. The minimum absolute atomic E-state index is 0.322. The number of aromatic nitrogens is 4. The zero-order chi connectivity index (χ0) is 23.6. The summed E-state index contributed by atoms with van der Waals surface area (Å²) in [5.41, 5.74) is 0. The third-order valence-corrected chi connectivity index (χ3v) is 6.09. The van der Waals surface area contributed by atoms with E-state index in [1.165, 1.54) is 7.11 Å². The summed E-state index contributed by atoms with van der Waals surface area (Å²) in [4.78, 5) is 8.46. The quantitative estimate of drug-likeness (QED) is 0.402. The lowest BCUT2D eigenvalue weighted by Gasteiger charge is -2.43. The molecule has 2 N–H and O–H groups in total. The second kappa shape index (κ2) is 13.2. The Balaban J connectivity index is 1.48. The molecule has 3 rings (SSSR count). The number of unbranched alkanes of at least 4 members (excludes halogenated alkanes) is 2. The molecule has 2 aromatic heterocycles. The van der Waals surface area contributed by atoms with Crippen LogP contribution in [0.1, 0.15) is 37.3 Å². The first-order valence-corrected chi connectivity index (χ1v) is 11.7. The molecule has 1 aliphatic rings. The van der Waals surface area contributed by atoms with E-state index in [0.29, 0.717) is 13.2 Å². The first-order chi connectivity index (χ1) is 16.0. The number of aryl methyl sites for hydroxylation is 4. The van der Waals surface area contributed by atoms with Gasteiger partial charge in [-0.1, -0.05) is 0 Å². The van der Waals surface area contributed by atoms with E-state index in [0.717, 1.165) is 50.4 Å². The van der Waals surface area contributed by atoms with Crippen molar-refractivity contribution in [3.63, 3.8) is 0 Å². The molecule has 1 saturated heterocycles. The van der Waals surface area contributed by atoms with E-state index in [1.54, 1.807) is 12.4 Å². The van der Waals surface area contributed by atoms with Crippen molar-refractivity contribution < 1.29 is 29.2 Å². The number of methoxy groups -OCH3 is 1. The van der Waals surface area contributed by atoms with Gasteiger partial charge in [-0.2, -0.15) is 0 Å². The third kappa shape index (κ3) is 7.08. The molecule has 0 bridgehead atoms. The fourth-order valence-electron chi connectivity index (χ4n) is 4.09. The van der Waals surface area contributed by atoms with Gasteiger partial charge in [-0.3, -0.25) is 0 Å². The van der Waals surface area contributed by atoms with Crippen molar-refractivity contribution >= 4 is 0 Å². The largest absolute Gasteiger partial charge is 0.394 e. The van der Waals surface area contributed by atoms with Crippen LogP contribution in [0.4, 0.5) is 0 Å². The summed E-state index contributed by atoms with van der Waals surface area (Å²) in [5, 5.41) is 20.4. The van der Waals surface area contributed by atoms with Gasteiger partial charge in [0.1, 0.15) is 36.1 Å². The number of hydrogen-bond acceptors (Lipinski definition) is 8. The van der Waals surface area contributed by atoms with Crippen molar-refractivity contribution in [1.82, 2.24) is 19.1 Å². The predicted octanol–water partition coefficient (Wildman–Crippen LogP) is 1.45. The maximum Gasteiger partial charge on any atom is 0.186 e. The van der Waals surface area contributed by atoms with Crippen molar-refractivity contribution in [1.29, 1.82) is 0 Å². The topological polar surface area (TPSA) is 113 Å². The first kappa shape index (κ1) is 25.8. The van der Waals surface area contributed by atoms with E-state index in [2.05, 4.69) is 19.1 Å². The molecule has 3 heterocycles. The highest BCUT2D eigenvalue weighted by Gasteiger charge is 2.46. The number of rotatable bonds is 14. The Morgan fingerprint density at radius 3 is 1.91 bits per heavy atom. The Morgan fingerprint density at radius 1 is 0.909 bits per heavy atom. The summed E-state index contributed by atoms with van der Waals surface area (Å²) in [6, 6.07) is 0. The SMILES string of the molecule is CO[C@H]1O[C@H](CO)[C@@H](O)[C@H](OCCCCn2ccnc2C)[C@H]1OCCCCn1ccnc1C. The molecule has 10 heteroatoms. The molecule has 2 aromatic rings. The lowest BCUT2D eigenvalue weighted by Crippen LogP contribution is -2.60. The van der Waals surface area contributed by atoms with E-state index in [1.807, 2.05) is 26.2 Å². The highest BCUT2D eigenvalue weighted by Crippen LogP contribution is 2.27. The van der Waals surface area contributed by atoms with Crippen LogP contribution in [0, 0.1) is 13.8 Å². The van der Waals surface area contributed by atoms with Gasteiger partial charge >= 0.3 is 0 Å². The second-order valence-corrected chi connectivity index (χ2v) is 8.37. The van der Waals surface area contributed by atoms with Crippen LogP contribution in [0.25, 0.3) is 0 Å². The fourth-order valence-corrected chi connectivity index (χ4v) is 4.09. The summed E-state index contributed by atoms with van der Waals surface area (Å²) >= 11 is 0. The standard InChI is InChI=1S/C23H38N4O6/c1-17-24-8-12-26(17)10-4-6-14-31-21-20(29)19(16-28)33-23(30-3)22(21)32-15-7-5-11-27-13-9-25-18(27)2/h8-9,12-13,19-23,28-29H,4-7,10-11,14-16H2,1-3H3/t19-,20-,21+,22-,23+/m1/s1. The van der Waals surface area contributed by atoms with Gasteiger partial charge in [0.25, 0.3) is 0 Å². The molecule has 33 heavy (non-hydrogen) atoms. The molecular weight excluding hydrogens is 428 g/mol. The van der Waals surface area contributed by atoms with Crippen LogP contribution < -0.4 is 0 Å². The van der Waals surface area contributed by atoms with Gasteiger partial charge in [0.2, 0.25) is 0 Å². The molecule has 0 saturated carbocycles. The van der Waals surface area contributed by atoms with Crippen LogP contribution in [-0.2, 0) is 32.0 Å². The average molecular weight is 467 g/mol. The minimum atomic E-state index is -1.00. The van der Waals surface area contributed by atoms with Crippen molar-refractivity contribution in [3.8, 4) is 0 Å². The smallest absolute Gasteiger partial charge is 0.186 e. The van der Waals surface area contributed by atoms with Crippen LogP contribution in [0.5, 0.6) is 0 Å². The zero-order valence-electron chi connectivity index (χ0n) is 19.9. The molecule has 186 valence electrons. The maximum absolute atomic E-state index is 10.7. The molecule has 0 aromatic carbocycles. The maximum atomic E-state index is 10.7. The van der Waals surface area contributed by atoms with Crippen molar-refractivity contribution in [2.75, 3.05) is 26.9 Å².